The molecule has 0 bridgehead atoms. The number of hydrogen-bond donors (Lipinski definition) is 0. The summed E-state index contributed by atoms with van der Waals surface area (Å²) in [4.78, 5) is 27.1. The summed E-state index contributed by atoms with van der Waals surface area (Å²) in [6.45, 7) is 0. The second kappa shape index (κ2) is 6.13. The lowest BCUT2D eigenvalue weighted by Crippen LogP contribution is -2.35. The van der Waals surface area contributed by atoms with Crippen LogP contribution in [-0.2, 0) is 0 Å². The predicted molar refractivity (Wildman–Crippen MR) is 96.3 cm³/mol. The van der Waals surface area contributed by atoms with Gasteiger partial charge < -0.3 is 4.42 Å². The predicted octanol–water partition coefficient (Wildman–Crippen LogP) is 4.40. The third-order valence-corrected chi connectivity index (χ3v) is 3.90. The molecule has 0 N–H and O–H groups in total. The summed E-state index contributed by atoms with van der Waals surface area (Å²) in [6.07, 6.45) is 0. The van der Waals surface area contributed by atoms with Crippen LogP contribution in [0.3, 0.4) is 0 Å². The fourth-order valence-electron chi connectivity index (χ4n) is 2.77. The molecule has 0 aliphatic heterocycles. The highest BCUT2D eigenvalue weighted by Gasteiger charge is 2.24. The number of benzene rings is 3. The van der Waals surface area contributed by atoms with E-state index < -0.39 is 11.8 Å². The van der Waals surface area contributed by atoms with Crippen LogP contribution in [0.5, 0.6) is 0 Å². The summed E-state index contributed by atoms with van der Waals surface area (Å²) in [6, 6.07) is 24.8. The van der Waals surface area contributed by atoms with E-state index in [9.17, 15) is 9.59 Å². The molecular weight excluding hydrogens is 316 g/mol. The Labute approximate surface area is 143 Å². The van der Waals surface area contributed by atoms with Crippen molar-refractivity contribution in [1.29, 1.82) is 0 Å². The second-order valence-corrected chi connectivity index (χ2v) is 5.46. The zero-order valence-corrected chi connectivity index (χ0v) is 13.2. The van der Waals surface area contributed by atoms with E-state index in [2.05, 4.69) is 0 Å². The number of carbonyl (C=O) groups is 1. The van der Waals surface area contributed by atoms with E-state index in [0.29, 0.717) is 22.5 Å². The number of amides is 1. The number of nitrogens with zero attached hydrogens (tertiary/aromatic N) is 2. The third kappa shape index (κ3) is 2.61. The van der Waals surface area contributed by atoms with Gasteiger partial charge in [0.25, 0.3) is 0 Å². The molecule has 0 aliphatic rings. The van der Waals surface area contributed by atoms with Crippen LogP contribution in [0.25, 0.3) is 11.1 Å². The maximum Gasteiger partial charge on any atom is 0.428 e. The Hall–Kier alpha value is -3.60. The summed E-state index contributed by atoms with van der Waals surface area (Å²) in [5.41, 5.74) is 2.14. The Bertz CT molecular complexity index is 1040. The number of anilines is 2. The van der Waals surface area contributed by atoms with Crippen molar-refractivity contribution in [3.05, 3.63) is 95.5 Å². The molecule has 3 aromatic carbocycles. The monoisotopic (exact) mass is 330 g/mol. The van der Waals surface area contributed by atoms with Gasteiger partial charge in [-0.05, 0) is 36.4 Å². The van der Waals surface area contributed by atoms with Crippen LogP contribution < -0.4 is 10.7 Å². The van der Waals surface area contributed by atoms with Gasteiger partial charge in [-0.15, -0.1) is 0 Å². The van der Waals surface area contributed by atoms with Crippen molar-refractivity contribution in [1.82, 2.24) is 4.57 Å². The lowest BCUT2D eigenvalue weighted by Gasteiger charge is -2.22. The first-order valence-corrected chi connectivity index (χ1v) is 7.81. The minimum absolute atomic E-state index is 0.377. The van der Waals surface area contributed by atoms with Gasteiger partial charge in [0.1, 0.15) is 0 Å². The van der Waals surface area contributed by atoms with E-state index in [1.807, 2.05) is 60.7 Å². The Morgan fingerprint density at radius 1 is 0.760 bits per heavy atom. The van der Waals surface area contributed by atoms with Crippen LogP contribution >= 0.6 is 0 Å². The molecule has 0 saturated heterocycles. The van der Waals surface area contributed by atoms with Crippen molar-refractivity contribution in [3.8, 4) is 0 Å². The quantitative estimate of drug-likeness (QED) is 0.547. The van der Waals surface area contributed by atoms with Gasteiger partial charge in [0.05, 0.1) is 16.9 Å². The van der Waals surface area contributed by atoms with Crippen molar-refractivity contribution in [3.63, 3.8) is 0 Å². The number of aromatic nitrogens is 1. The number of carbonyl (C=O) groups excluding carboxylic acids is 1. The highest BCUT2D eigenvalue weighted by atomic mass is 16.4. The molecule has 4 rings (SSSR count). The van der Waals surface area contributed by atoms with Crippen LogP contribution in [0.15, 0.2) is 94.1 Å². The highest BCUT2D eigenvalue weighted by Crippen LogP contribution is 2.26. The molecule has 0 atom stereocenters. The minimum Gasteiger partial charge on any atom is -0.407 e. The molecule has 0 unspecified atom stereocenters. The van der Waals surface area contributed by atoms with E-state index in [0.717, 1.165) is 4.57 Å². The fraction of sp³-hybridized carbons (Fsp3) is 0. The highest BCUT2D eigenvalue weighted by molar-refractivity contribution is 6.03. The minimum atomic E-state index is -0.705. The van der Waals surface area contributed by atoms with Crippen LogP contribution in [-0.4, -0.2) is 10.6 Å². The average Bonchev–Trinajstić information content (AvgIpc) is 2.99. The van der Waals surface area contributed by atoms with E-state index in [4.69, 9.17) is 4.42 Å². The molecule has 1 amide bonds. The topological polar surface area (TPSA) is 55.5 Å². The Kier molecular flexibility index (Phi) is 3.67. The van der Waals surface area contributed by atoms with Crippen LogP contribution in [0, 0.1) is 0 Å². The summed E-state index contributed by atoms with van der Waals surface area (Å²) in [7, 11) is 0. The largest absolute Gasteiger partial charge is 0.428 e. The fourth-order valence-corrected chi connectivity index (χ4v) is 2.77. The van der Waals surface area contributed by atoms with Gasteiger partial charge in [0, 0.05) is 0 Å². The Morgan fingerprint density at radius 3 is 1.88 bits per heavy atom. The molecule has 0 fully saturated rings. The molecule has 5 heteroatoms. The van der Waals surface area contributed by atoms with Crippen LogP contribution in [0.2, 0.25) is 0 Å². The molecule has 25 heavy (non-hydrogen) atoms. The first-order chi connectivity index (χ1) is 12.3. The number of fused-ring (bicyclic) bond motifs is 1. The smallest absolute Gasteiger partial charge is 0.407 e. The van der Waals surface area contributed by atoms with Crippen LogP contribution in [0.1, 0.15) is 0 Å². The van der Waals surface area contributed by atoms with Gasteiger partial charge in [-0.25, -0.2) is 9.59 Å². The van der Waals surface area contributed by atoms with Gasteiger partial charge in [-0.2, -0.15) is 4.57 Å². The van der Waals surface area contributed by atoms with Gasteiger partial charge in [0.2, 0.25) is 0 Å². The molecule has 122 valence electrons. The zero-order chi connectivity index (χ0) is 17.2. The average molecular weight is 330 g/mol. The van der Waals surface area contributed by atoms with Crippen molar-refractivity contribution in [2.45, 2.75) is 0 Å². The summed E-state index contributed by atoms with van der Waals surface area (Å²) < 4.78 is 6.25. The molecule has 5 nitrogen and oxygen atoms in total. The van der Waals surface area contributed by atoms with Crippen molar-refractivity contribution in [2.24, 2.45) is 0 Å². The SMILES string of the molecule is O=C(N(c1ccccc1)c1ccccc1)n1c(=O)oc2ccccc21. The third-order valence-electron chi connectivity index (χ3n) is 3.90. The molecule has 0 aliphatic carbocycles. The molecule has 0 radical (unpaired) electrons. The second-order valence-electron chi connectivity index (χ2n) is 5.46. The number of para-hydroxylation sites is 4. The van der Waals surface area contributed by atoms with Crippen molar-refractivity contribution in [2.75, 3.05) is 4.90 Å². The van der Waals surface area contributed by atoms with Gasteiger partial charge in [0.15, 0.2) is 5.58 Å². The standard InChI is InChI=1S/C20H14N2O3/c23-19(22-17-13-7-8-14-18(17)25-20(22)24)21(15-9-3-1-4-10-15)16-11-5-2-6-12-16/h1-14H. The van der Waals surface area contributed by atoms with E-state index in [1.165, 1.54) is 4.90 Å². The Balaban J connectivity index is 1.92. The first kappa shape index (κ1) is 15.0. The van der Waals surface area contributed by atoms with Gasteiger partial charge in [-0.3, -0.25) is 4.90 Å². The maximum absolute atomic E-state index is 13.3. The lowest BCUT2D eigenvalue weighted by atomic mass is 10.2. The summed E-state index contributed by atoms with van der Waals surface area (Å²) in [5, 5.41) is 0. The summed E-state index contributed by atoms with van der Waals surface area (Å²) in [5.74, 6) is -0.705. The molecular formula is C20H14N2O3. The summed E-state index contributed by atoms with van der Waals surface area (Å²) >= 11 is 0. The van der Waals surface area contributed by atoms with Gasteiger partial charge in [-0.1, -0.05) is 48.5 Å². The molecule has 4 aromatic rings. The Morgan fingerprint density at radius 2 is 1.28 bits per heavy atom. The zero-order valence-electron chi connectivity index (χ0n) is 13.2. The van der Waals surface area contributed by atoms with E-state index in [-0.39, 0.29) is 0 Å². The molecule has 1 aromatic heterocycles. The van der Waals surface area contributed by atoms with Crippen molar-refractivity contribution >= 4 is 28.5 Å². The van der Waals surface area contributed by atoms with E-state index in [1.54, 1.807) is 24.3 Å². The van der Waals surface area contributed by atoms with Crippen LogP contribution in [0.4, 0.5) is 16.2 Å². The van der Waals surface area contributed by atoms with Gasteiger partial charge >= 0.3 is 11.8 Å². The number of oxazole rings is 1. The lowest BCUT2D eigenvalue weighted by molar-refractivity contribution is 0.249. The molecule has 0 saturated carbocycles. The van der Waals surface area contributed by atoms with Crippen molar-refractivity contribution < 1.29 is 9.21 Å². The van der Waals surface area contributed by atoms with E-state index >= 15 is 0 Å². The number of hydrogen-bond acceptors (Lipinski definition) is 3. The first-order valence-electron chi connectivity index (χ1n) is 7.81. The maximum atomic E-state index is 13.3. The normalized spacial score (nSPS) is 10.7. The molecule has 1 heterocycles. The number of rotatable bonds is 2. The molecule has 0 spiro atoms.